The number of Topliss-reactive ketones (excluding diaryl/α,β-unsaturated/α-hetero) is 1. The average Bonchev–Trinajstić information content (AvgIpc) is 2.46. The van der Waals surface area contributed by atoms with Crippen molar-refractivity contribution in [2.75, 3.05) is 26.7 Å². The van der Waals surface area contributed by atoms with Crippen molar-refractivity contribution in [3.05, 3.63) is 0 Å². The molecular weight excluding hydrogens is 246 g/mol. The molecule has 118 valence electrons. The molecule has 1 saturated carbocycles. The van der Waals surface area contributed by atoms with Crippen LogP contribution in [0, 0.1) is 5.92 Å². The molecule has 0 spiro atoms. The Morgan fingerprint density at radius 3 is 1.95 bits per heavy atom. The Kier molecular flexibility index (Phi) is 8.44. The molecule has 2 nitrogen and oxygen atoms in total. The highest BCUT2D eigenvalue weighted by Crippen LogP contribution is 2.21. The quantitative estimate of drug-likeness (QED) is 0.690. The molecular formula is C18H36NO+. The summed E-state index contributed by atoms with van der Waals surface area (Å²) in [6.07, 6.45) is 12.4. The molecule has 0 aromatic heterocycles. The van der Waals surface area contributed by atoms with Gasteiger partial charge in [0, 0.05) is 6.42 Å². The summed E-state index contributed by atoms with van der Waals surface area (Å²) in [5.41, 5.74) is 0. The van der Waals surface area contributed by atoms with E-state index in [0.717, 1.165) is 43.4 Å². The van der Waals surface area contributed by atoms with E-state index in [1.807, 2.05) is 0 Å². The average molecular weight is 282 g/mol. The number of nitrogens with zero attached hydrogens (tertiary/aromatic N) is 1. The lowest BCUT2D eigenvalue weighted by atomic mass is 9.90. The summed E-state index contributed by atoms with van der Waals surface area (Å²) in [5.74, 6) is 0.871. The van der Waals surface area contributed by atoms with Gasteiger partial charge in [-0.2, -0.15) is 0 Å². The van der Waals surface area contributed by atoms with Crippen molar-refractivity contribution in [1.82, 2.24) is 0 Å². The maximum Gasteiger partial charge on any atom is 0.141 e. The highest BCUT2D eigenvalue weighted by molar-refractivity contribution is 5.81. The fourth-order valence-electron chi connectivity index (χ4n) is 3.32. The first-order valence-electron chi connectivity index (χ1n) is 8.97. The molecule has 0 N–H and O–H groups in total. The summed E-state index contributed by atoms with van der Waals surface area (Å²) < 4.78 is 1.05. The Bertz CT molecular complexity index is 271. The highest BCUT2D eigenvalue weighted by atomic mass is 16.1. The highest BCUT2D eigenvalue weighted by Gasteiger charge is 2.27. The van der Waals surface area contributed by atoms with Gasteiger partial charge in [0.25, 0.3) is 0 Å². The summed E-state index contributed by atoms with van der Waals surface area (Å²) >= 11 is 0. The Morgan fingerprint density at radius 1 is 0.900 bits per heavy atom. The Balaban J connectivity index is 2.58. The second kappa shape index (κ2) is 9.55. The summed E-state index contributed by atoms with van der Waals surface area (Å²) in [7, 11) is 2.31. The second-order valence-electron chi connectivity index (χ2n) is 6.96. The predicted octanol–water partition coefficient (Wildman–Crippen LogP) is 4.57. The van der Waals surface area contributed by atoms with Crippen LogP contribution in [0.5, 0.6) is 0 Å². The van der Waals surface area contributed by atoms with Gasteiger partial charge in [-0.15, -0.1) is 0 Å². The number of quaternary nitrogens is 1. The van der Waals surface area contributed by atoms with Crippen molar-refractivity contribution >= 4 is 5.78 Å². The lowest BCUT2D eigenvalue weighted by Gasteiger charge is -2.35. The predicted molar refractivity (Wildman–Crippen MR) is 86.8 cm³/mol. The third-order valence-electron chi connectivity index (χ3n) is 5.37. The molecule has 20 heavy (non-hydrogen) atoms. The van der Waals surface area contributed by atoms with Crippen LogP contribution in [0.4, 0.5) is 0 Å². The smallest absolute Gasteiger partial charge is 0.141 e. The number of carbonyl (C=O) groups is 1. The number of carbonyl (C=O) groups excluding carboxylic acids is 1. The van der Waals surface area contributed by atoms with Gasteiger partial charge in [0.15, 0.2) is 0 Å². The van der Waals surface area contributed by atoms with Crippen molar-refractivity contribution in [2.24, 2.45) is 5.92 Å². The van der Waals surface area contributed by atoms with E-state index in [0.29, 0.717) is 11.7 Å². The standard InChI is InChI=1S/C18H36NO/c1-4-19(3,5-2)16-17-14-12-10-8-6-7-9-11-13-15-18(17)20/h17H,4-16H2,1-3H3/q+1. The first-order chi connectivity index (χ1) is 9.61. The maximum absolute atomic E-state index is 12.5. The normalized spacial score (nSPS) is 23.9. The zero-order chi connectivity index (χ0) is 14.8. The molecule has 1 unspecified atom stereocenters. The molecule has 0 aliphatic heterocycles. The molecule has 0 aromatic rings. The van der Waals surface area contributed by atoms with Gasteiger partial charge in [-0.25, -0.2) is 0 Å². The zero-order valence-corrected chi connectivity index (χ0v) is 14.1. The minimum absolute atomic E-state index is 0.319. The Labute approximate surface area is 126 Å². The van der Waals surface area contributed by atoms with E-state index in [9.17, 15) is 4.79 Å². The first-order valence-corrected chi connectivity index (χ1v) is 8.97. The minimum Gasteiger partial charge on any atom is -0.326 e. The molecule has 1 aliphatic carbocycles. The van der Waals surface area contributed by atoms with Gasteiger partial charge in [0.2, 0.25) is 0 Å². The van der Waals surface area contributed by atoms with Crippen LogP contribution < -0.4 is 0 Å². The SMILES string of the molecule is CC[N+](C)(CC)CC1CCCCCCCCCCC1=O. The molecule has 0 radical (unpaired) electrons. The van der Waals surface area contributed by atoms with Crippen molar-refractivity contribution in [3.63, 3.8) is 0 Å². The van der Waals surface area contributed by atoms with Gasteiger partial charge in [-0.3, -0.25) is 4.79 Å². The molecule has 1 aliphatic rings. The van der Waals surface area contributed by atoms with E-state index >= 15 is 0 Å². The van der Waals surface area contributed by atoms with E-state index in [4.69, 9.17) is 0 Å². The van der Waals surface area contributed by atoms with Crippen LogP contribution in [0.3, 0.4) is 0 Å². The van der Waals surface area contributed by atoms with Crippen molar-refractivity contribution in [2.45, 2.75) is 78.1 Å². The van der Waals surface area contributed by atoms with Crippen LogP contribution in [-0.2, 0) is 4.79 Å². The van der Waals surface area contributed by atoms with E-state index in [-0.39, 0.29) is 0 Å². The monoisotopic (exact) mass is 282 g/mol. The first kappa shape index (κ1) is 17.7. The van der Waals surface area contributed by atoms with E-state index < -0.39 is 0 Å². The molecule has 0 saturated heterocycles. The van der Waals surface area contributed by atoms with Crippen LogP contribution in [-0.4, -0.2) is 36.9 Å². The third kappa shape index (κ3) is 6.39. The maximum atomic E-state index is 12.5. The van der Waals surface area contributed by atoms with Gasteiger partial charge in [-0.05, 0) is 26.7 Å². The van der Waals surface area contributed by atoms with Crippen molar-refractivity contribution in [3.8, 4) is 0 Å². The van der Waals surface area contributed by atoms with E-state index in [1.54, 1.807) is 0 Å². The van der Waals surface area contributed by atoms with E-state index in [2.05, 4.69) is 20.9 Å². The van der Waals surface area contributed by atoms with Gasteiger partial charge < -0.3 is 4.48 Å². The zero-order valence-electron chi connectivity index (χ0n) is 14.1. The molecule has 1 rings (SSSR count). The van der Waals surface area contributed by atoms with Crippen LogP contribution in [0.2, 0.25) is 0 Å². The topological polar surface area (TPSA) is 17.1 Å². The van der Waals surface area contributed by atoms with Crippen LogP contribution in [0.15, 0.2) is 0 Å². The molecule has 0 heterocycles. The van der Waals surface area contributed by atoms with Crippen molar-refractivity contribution in [1.29, 1.82) is 0 Å². The van der Waals surface area contributed by atoms with Gasteiger partial charge >= 0.3 is 0 Å². The van der Waals surface area contributed by atoms with Crippen molar-refractivity contribution < 1.29 is 9.28 Å². The minimum atomic E-state index is 0.319. The second-order valence-corrected chi connectivity index (χ2v) is 6.96. The lowest BCUT2D eigenvalue weighted by molar-refractivity contribution is -0.908. The molecule has 1 atom stereocenters. The molecule has 0 amide bonds. The van der Waals surface area contributed by atoms with Crippen LogP contribution >= 0.6 is 0 Å². The van der Waals surface area contributed by atoms with Crippen LogP contribution in [0.25, 0.3) is 0 Å². The van der Waals surface area contributed by atoms with Gasteiger partial charge in [-0.1, -0.05) is 44.9 Å². The molecule has 2 heteroatoms. The van der Waals surface area contributed by atoms with Gasteiger partial charge in [0.1, 0.15) is 5.78 Å². The fraction of sp³-hybridized carbons (Fsp3) is 0.944. The van der Waals surface area contributed by atoms with Gasteiger partial charge in [0.05, 0.1) is 32.6 Å². The Hall–Kier alpha value is -0.370. The molecule has 1 fully saturated rings. The molecule has 0 bridgehead atoms. The summed E-state index contributed by atoms with van der Waals surface area (Å²) in [6.45, 7) is 7.85. The number of hydrogen-bond acceptors (Lipinski definition) is 1. The summed E-state index contributed by atoms with van der Waals surface area (Å²) in [6, 6.07) is 0. The fourth-order valence-corrected chi connectivity index (χ4v) is 3.32. The number of rotatable bonds is 4. The molecule has 0 aromatic carbocycles. The Morgan fingerprint density at radius 2 is 1.40 bits per heavy atom. The third-order valence-corrected chi connectivity index (χ3v) is 5.37. The van der Waals surface area contributed by atoms with E-state index in [1.165, 1.54) is 44.9 Å². The van der Waals surface area contributed by atoms with Crippen LogP contribution in [0.1, 0.15) is 78.1 Å². The summed E-state index contributed by atoms with van der Waals surface area (Å²) in [5, 5.41) is 0. The number of ketones is 1. The lowest BCUT2D eigenvalue weighted by Crippen LogP contribution is -2.48. The summed E-state index contributed by atoms with van der Waals surface area (Å²) in [4.78, 5) is 12.5. The number of hydrogen-bond donors (Lipinski definition) is 0. The largest absolute Gasteiger partial charge is 0.326 e.